The van der Waals surface area contributed by atoms with E-state index in [-0.39, 0.29) is 11.9 Å². The first-order chi connectivity index (χ1) is 7.15. The Labute approximate surface area is 98.0 Å². The summed E-state index contributed by atoms with van der Waals surface area (Å²) < 4.78 is 14.3. The molecule has 0 bridgehead atoms. The van der Waals surface area contributed by atoms with Crippen LogP contribution in [0.15, 0.2) is 22.7 Å². The second-order valence-electron chi connectivity index (χ2n) is 4.38. The molecule has 1 aromatic rings. The number of hydrogen-bond acceptors (Lipinski definition) is 1. The second-order valence-corrected chi connectivity index (χ2v) is 5.29. The van der Waals surface area contributed by atoms with Crippen molar-refractivity contribution in [3.63, 3.8) is 0 Å². The highest BCUT2D eigenvalue weighted by atomic mass is 79.9. The van der Waals surface area contributed by atoms with E-state index in [0.717, 1.165) is 22.4 Å². The minimum atomic E-state index is -0.149. The number of halogens is 2. The summed E-state index contributed by atoms with van der Waals surface area (Å²) in [5, 5.41) is 0. The van der Waals surface area contributed by atoms with Gasteiger partial charge in [-0.2, -0.15) is 0 Å². The number of hydrogen-bond donors (Lipinski definition) is 1. The predicted molar refractivity (Wildman–Crippen MR) is 63.1 cm³/mol. The molecule has 1 aliphatic rings. The Kier molecular flexibility index (Phi) is 3.42. The molecular weight excluding hydrogens is 257 g/mol. The molecule has 1 nitrogen and oxygen atoms in total. The maximum Gasteiger partial charge on any atom is 0.126 e. The van der Waals surface area contributed by atoms with Crippen molar-refractivity contribution in [2.75, 3.05) is 0 Å². The molecule has 3 heteroatoms. The first-order valence-electron chi connectivity index (χ1n) is 5.34. The molecule has 0 amide bonds. The maximum atomic E-state index is 13.4. The fourth-order valence-corrected chi connectivity index (χ4v) is 2.26. The standard InChI is InChI=1S/C12H15BrFN/c13-10-3-4-12(14)9(6-10)7-11(15)5-8-1-2-8/h3-4,6,8,11H,1-2,5,7,15H2. The van der Waals surface area contributed by atoms with Crippen LogP contribution in [-0.2, 0) is 6.42 Å². The van der Waals surface area contributed by atoms with E-state index in [1.54, 1.807) is 6.07 Å². The van der Waals surface area contributed by atoms with Crippen LogP contribution in [0.4, 0.5) is 4.39 Å². The lowest BCUT2D eigenvalue weighted by Crippen LogP contribution is -2.23. The fraction of sp³-hybridized carbons (Fsp3) is 0.500. The predicted octanol–water partition coefficient (Wildman–Crippen LogP) is 3.26. The number of nitrogens with two attached hydrogens (primary N) is 1. The molecule has 0 saturated heterocycles. The monoisotopic (exact) mass is 271 g/mol. The molecule has 0 heterocycles. The highest BCUT2D eigenvalue weighted by Gasteiger charge is 2.24. The van der Waals surface area contributed by atoms with E-state index in [1.807, 2.05) is 6.07 Å². The Morgan fingerprint density at radius 2 is 2.20 bits per heavy atom. The third kappa shape index (κ3) is 3.28. The molecule has 15 heavy (non-hydrogen) atoms. The molecular formula is C12H15BrFN. The largest absolute Gasteiger partial charge is 0.327 e. The van der Waals surface area contributed by atoms with Gasteiger partial charge in [0.05, 0.1) is 0 Å². The van der Waals surface area contributed by atoms with Crippen molar-refractivity contribution in [2.45, 2.75) is 31.7 Å². The molecule has 1 unspecified atom stereocenters. The lowest BCUT2D eigenvalue weighted by atomic mass is 10.0. The van der Waals surface area contributed by atoms with Gasteiger partial charge < -0.3 is 5.73 Å². The van der Waals surface area contributed by atoms with Gasteiger partial charge in [0, 0.05) is 10.5 Å². The van der Waals surface area contributed by atoms with Gasteiger partial charge >= 0.3 is 0 Å². The van der Waals surface area contributed by atoms with Crippen molar-refractivity contribution in [2.24, 2.45) is 11.7 Å². The van der Waals surface area contributed by atoms with E-state index in [1.165, 1.54) is 18.9 Å². The molecule has 1 aromatic carbocycles. The highest BCUT2D eigenvalue weighted by Crippen LogP contribution is 2.33. The van der Waals surface area contributed by atoms with Crippen LogP contribution in [0.1, 0.15) is 24.8 Å². The van der Waals surface area contributed by atoms with Crippen LogP contribution < -0.4 is 5.73 Å². The molecule has 1 atom stereocenters. The maximum absolute atomic E-state index is 13.4. The first-order valence-corrected chi connectivity index (χ1v) is 6.14. The zero-order valence-electron chi connectivity index (χ0n) is 8.55. The van der Waals surface area contributed by atoms with Crippen molar-refractivity contribution in [1.82, 2.24) is 0 Å². The summed E-state index contributed by atoms with van der Waals surface area (Å²) in [5.41, 5.74) is 6.70. The van der Waals surface area contributed by atoms with Crippen molar-refractivity contribution in [3.8, 4) is 0 Å². The van der Waals surface area contributed by atoms with Crippen LogP contribution >= 0.6 is 15.9 Å². The summed E-state index contributed by atoms with van der Waals surface area (Å²) in [4.78, 5) is 0. The number of rotatable bonds is 4. The van der Waals surface area contributed by atoms with E-state index in [9.17, 15) is 4.39 Å². The molecule has 0 aromatic heterocycles. The van der Waals surface area contributed by atoms with E-state index in [0.29, 0.717) is 6.42 Å². The lowest BCUT2D eigenvalue weighted by molar-refractivity contribution is 0.542. The molecule has 1 aliphatic carbocycles. The summed E-state index contributed by atoms with van der Waals surface area (Å²) in [7, 11) is 0. The summed E-state index contributed by atoms with van der Waals surface area (Å²) in [6.45, 7) is 0. The van der Waals surface area contributed by atoms with Gasteiger partial charge in [0.1, 0.15) is 5.82 Å². The van der Waals surface area contributed by atoms with Gasteiger partial charge in [-0.05, 0) is 42.5 Å². The summed E-state index contributed by atoms with van der Waals surface area (Å²) in [6.07, 6.45) is 4.27. The Morgan fingerprint density at radius 1 is 1.47 bits per heavy atom. The van der Waals surface area contributed by atoms with Gasteiger partial charge in [-0.3, -0.25) is 0 Å². The molecule has 1 saturated carbocycles. The molecule has 2 N–H and O–H groups in total. The van der Waals surface area contributed by atoms with Crippen molar-refractivity contribution >= 4 is 15.9 Å². The van der Waals surface area contributed by atoms with Gasteiger partial charge in [-0.1, -0.05) is 28.8 Å². The minimum absolute atomic E-state index is 0.0984. The first kappa shape index (κ1) is 11.1. The van der Waals surface area contributed by atoms with Crippen LogP contribution in [0, 0.1) is 11.7 Å². The number of benzene rings is 1. The molecule has 1 fully saturated rings. The smallest absolute Gasteiger partial charge is 0.126 e. The van der Waals surface area contributed by atoms with Crippen molar-refractivity contribution in [3.05, 3.63) is 34.1 Å². The van der Waals surface area contributed by atoms with Gasteiger partial charge in [-0.15, -0.1) is 0 Å². The van der Waals surface area contributed by atoms with Crippen LogP contribution in [0.3, 0.4) is 0 Å². The lowest BCUT2D eigenvalue weighted by Gasteiger charge is -2.11. The average molecular weight is 272 g/mol. The normalized spacial score (nSPS) is 17.8. The second kappa shape index (κ2) is 4.62. The zero-order valence-corrected chi connectivity index (χ0v) is 10.1. The topological polar surface area (TPSA) is 26.0 Å². The van der Waals surface area contributed by atoms with Crippen LogP contribution in [-0.4, -0.2) is 6.04 Å². The fourth-order valence-electron chi connectivity index (χ4n) is 1.85. The summed E-state index contributed by atoms with van der Waals surface area (Å²) in [5.74, 6) is 0.652. The quantitative estimate of drug-likeness (QED) is 0.894. The Hall–Kier alpha value is -0.410. The van der Waals surface area contributed by atoms with E-state index in [2.05, 4.69) is 15.9 Å². The Morgan fingerprint density at radius 3 is 2.87 bits per heavy atom. The SMILES string of the molecule is NC(Cc1cc(Br)ccc1F)CC1CC1. The third-order valence-electron chi connectivity index (χ3n) is 2.82. The molecule has 0 spiro atoms. The van der Waals surface area contributed by atoms with E-state index >= 15 is 0 Å². The van der Waals surface area contributed by atoms with E-state index < -0.39 is 0 Å². The molecule has 82 valence electrons. The molecule has 0 radical (unpaired) electrons. The Bertz CT molecular complexity index is 349. The molecule has 2 rings (SSSR count). The highest BCUT2D eigenvalue weighted by molar-refractivity contribution is 9.10. The zero-order chi connectivity index (χ0) is 10.8. The van der Waals surface area contributed by atoms with E-state index in [4.69, 9.17) is 5.73 Å². The van der Waals surface area contributed by atoms with Crippen molar-refractivity contribution in [1.29, 1.82) is 0 Å². The minimum Gasteiger partial charge on any atom is -0.327 e. The van der Waals surface area contributed by atoms with Gasteiger partial charge in [-0.25, -0.2) is 4.39 Å². The summed E-state index contributed by atoms with van der Waals surface area (Å²) in [6, 6.07) is 5.12. The van der Waals surface area contributed by atoms with Gasteiger partial charge in [0.25, 0.3) is 0 Å². The third-order valence-corrected chi connectivity index (χ3v) is 3.32. The average Bonchev–Trinajstić information content (AvgIpc) is 2.95. The van der Waals surface area contributed by atoms with Crippen molar-refractivity contribution < 1.29 is 4.39 Å². The van der Waals surface area contributed by atoms with Crippen LogP contribution in [0.25, 0.3) is 0 Å². The van der Waals surface area contributed by atoms with Gasteiger partial charge in [0.15, 0.2) is 0 Å². The Balaban J connectivity index is 1.98. The molecule has 0 aliphatic heterocycles. The van der Waals surface area contributed by atoms with Crippen LogP contribution in [0.5, 0.6) is 0 Å². The summed E-state index contributed by atoms with van der Waals surface area (Å²) >= 11 is 3.34. The van der Waals surface area contributed by atoms with Crippen LogP contribution in [0.2, 0.25) is 0 Å². The van der Waals surface area contributed by atoms with Gasteiger partial charge in [0.2, 0.25) is 0 Å².